The minimum Gasteiger partial charge on any atom is -0.469 e. The van der Waals surface area contributed by atoms with Crippen molar-refractivity contribution in [3.05, 3.63) is 10.6 Å². The molecule has 6 nitrogen and oxygen atoms in total. The number of rotatable bonds is 4. The first-order valence-electron chi connectivity index (χ1n) is 6.34. The van der Waals surface area contributed by atoms with E-state index in [9.17, 15) is 9.59 Å². The van der Waals surface area contributed by atoms with Gasteiger partial charge >= 0.3 is 5.97 Å². The zero-order valence-corrected chi connectivity index (χ0v) is 13.6. The molecular weight excluding hydrogens is 278 g/mol. The van der Waals surface area contributed by atoms with Crippen LogP contribution in [0.15, 0.2) is 0 Å². The van der Waals surface area contributed by atoms with E-state index in [0.717, 1.165) is 11.5 Å². The SMILES string of the molecule is COC(=O)C(C)CN(C)C(=O)c1snnc1C(C)(C)C. The van der Waals surface area contributed by atoms with Gasteiger partial charge in [0.05, 0.1) is 18.7 Å². The van der Waals surface area contributed by atoms with Crippen molar-refractivity contribution >= 4 is 23.4 Å². The minimum atomic E-state index is -0.368. The summed E-state index contributed by atoms with van der Waals surface area (Å²) in [6.45, 7) is 7.98. The molecule has 1 heterocycles. The van der Waals surface area contributed by atoms with Crippen LogP contribution >= 0.6 is 11.5 Å². The fourth-order valence-electron chi connectivity index (χ4n) is 1.76. The van der Waals surface area contributed by atoms with E-state index >= 15 is 0 Å². The van der Waals surface area contributed by atoms with Gasteiger partial charge in [-0.25, -0.2) is 0 Å². The fraction of sp³-hybridized carbons (Fsp3) is 0.692. The molecular formula is C13H21N3O3S. The highest BCUT2D eigenvalue weighted by atomic mass is 32.1. The number of esters is 1. The number of hydrogen-bond donors (Lipinski definition) is 0. The van der Waals surface area contributed by atoms with E-state index < -0.39 is 0 Å². The van der Waals surface area contributed by atoms with E-state index in [4.69, 9.17) is 0 Å². The number of carbonyl (C=O) groups is 2. The predicted molar refractivity (Wildman–Crippen MR) is 76.7 cm³/mol. The molecule has 0 radical (unpaired) electrons. The summed E-state index contributed by atoms with van der Waals surface area (Å²) in [6, 6.07) is 0. The van der Waals surface area contributed by atoms with Crippen LogP contribution in [0.25, 0.3) is 0 Å². The third-order valence-electron chi connectivity index (χ3n) is 2.89. The summed E-state index contributed by atoms with van der Waals surface area (Å²) < 4.78 is 8.54. The summed E-state index contributed by atoms with van der Waals surface area (Å²) >= 11 is 1.09. The van der Waals surface area contributed by atoms with Crippen LogP contribution in [0.1, 0.15) is 43.1 Å². The molecule has 1 aromatic rings. The van der Waals surface area contributed by atoms with Crippen LogP contribution in [0.5, 0.6) is 0 Å². The number of nitrogens with zero attached hydrogens (tertiary/aromatic N) is 3. The molecule has 1 rings (SSSR count). The number of ether oxygens (including phenoxy) is 1. The minimum absolute atomic E-state index is 0.166. The molecule has 0 bridgehead atoms. The summed E-state index contributed by atoms with van der Waals surface area (Å²) in [5.74, 6) is -0.864. The zero-order chi connectivity index (χ0) is 15.5. The number of carbonyl (C=O) groups excluding carboxylic acids is 2. The fourth-order valence-corrected chi connectivity index (χ4v) is 2.64. The van der Waals surface area contributed by atoms with Gasteiger partial charge in [-0.3, -0.25) is 9.59 Å². The molecule has 1 amide bonds. The van der Waals surface area contributed by atoms with Crippen LogP contribution in [-0.2, 0) is 14.9 Å². The van der Waals surface area contributed by atoms with E-state index in [1.54, 1.807) is 14.0 Å². The van der Waals surface area contributed by atoms with E-state index in [0.29, 0.717) is 17.1 Å². The molecule has 0 aliphatic heterocycles. The lowest BCUT2D eigenvalue weighted by Gasteiger charge is -2.22. The Morgan fingerprint density at radius 1 is 1.40 bits per heavy atom. The van der Waals surface area contributed by atoms with Gasteiger partial charge < -0.3 is 9.64 Å². The number of methoxy groups -OCH3 is 1. The first kappa shape index (κ1) is 16.6. The third kappa shape index (κ3) is 3.75. The van der Waals surface area contributed by atoms with Crippen molar-refractivity contribution < 1.29 is 14.3 Å². The van der Waals surface area contributed by atoms with Gasteiger partial charge in [0.15, 0.2) is 0 Å². The largest absolute Gasteiger partial charge is 0.469 e. The van der Waals surface area contributed by atoms with E-state index in [-0.39, 0.29) is 23.2 Å². The Kier molecular flexibility index (Phi) is 5.21. The van der Waals surface area contributed by atoms with Gasteiger partial charge in [-0.2, -0.15) is 0 Å². The maximum absolute atomic E-state index is 12.4. The zero-order valence-electron chi connectivity index (χ0n) is 12.8. The number of hydrogen-bond acceptors (Lipinski definition) is 6. The topological polar surface area (TPSA) is 72.4 Å². The Morgan fingerprint density at radius 2 is 2.00 bits per heavy atom. The lowest BCUT2D eigenvalue weighted by Crippen LogP contribution is -2.34. The van der Waals surface area contributed by atoms with Crippen molar-refractivity contribution in [3.63, 3.8) is 0 Å². The molecule has 112 valence electrons. The van der Waals surface area contributed by atoms with Crippen LogP contribution in [0, 0.1) is 5.92 Å². The van der Waals surface area contributed by atoms with Crippen LogP contribution in [0.3, 0.4) is 0 Å². The molecule has 0 aliphatic rings. The van der Waals surface area contributed by atoms with Crippen LogP contribution < -0.4 is 0 Å². The van der Waals surface area contributed by atoms with Crippen LogP contribution in [0.4, 0.5) is 0 Å². The molecule has 1 atom stereocenters. The van der Waals surface area contributed by atoms with E-state index in [1.807, 2.05) is 20.8 Å². The predicted octanol–water partition coefficient (Wildman–Crippen LogP) is 1.72. The Balaban J connectivity index is 2.86. The summed E-state index contributed by atoms with van der Waals surface area (Å²) in [6.07, 6.45) is 0. The lowest BCUT2D eigenvalue weighted by atomic mass is 9.91. The molecule has 20 heavy (non-hydrogen) atoms. The van der Waals surface area contributed by atoms with Crippen molar-refractivity contribution in [2.24, 2.45) is 5.92 Å². The van der Waals surface area contributed by atoms with Gasteiger partial charge in [-0.1, -0.05) is 32.2 Å². The quantitative estimate of drug-likeness (QED) is 0.792. The molecule has 0 saturated heterocycles. The van der Waals surface area contributed by atoms with E-state index in [1.165, 1.54) is 12.0 Å². The molecule has 0 spiro atoms. The second kappa shape index (κ2) is 6.30. The lowest BCUT2D eigenvalue weighted by molar-refractivity contribution is -0.145. The number of aromatic nitrogens is 2. The maximum Gasteiger partial charge on any atom is 0.310 e. The van der Waals surface area contributed by atoms with Gasteiger partial charge in [-0.15, -0.1) is 5.10 Å². The maximum atomic E-state index is 12.4. The molecule has 0 fully saturated rings. The first-order chi connectivity index (χ1) is 9.18. The molecule has 0 saturated carbocycles. The van der Waals surface area contributed by atoms with Crippen molar-refractivity contribution in [2.75, 3.05) is 20.7 Å². The molecule has 0 N–H and O–H groups in total. The Hall–Kier alpha value is -1.50. The van der Waals surface area contributed by atoms with Crippen molar-refractivity contribution in [2.45, 2.75) is 33.1 Å². The van der Waals surface area contributed by atoms with Gasteiger partial charge in [0.25, 0.3) is 5.91 Å². The highest BCUT2D eigenvalue weighted by Crippen LogP contribution is 2.26. The Bertz CT molecular complexity index is 493. The second-order valence-corrected chi connectivity index (χ2v) is 6.56. The highest BCUT2D eigenvalue weighted by Gasteiger charge is 2.29. The van der Waals surface area contributed by atoms with Gasteiger partial charge in [0.1, 0.15) is 4.88 Å². The molecule has 0 aromatic carbocycles. The summed E-state index contributed by atoms with van der Waals surface area (Å²) in [5, 5.41) is 4.05. The third-order valence-corrected chi connectivity index (χ3v) is 3.60. The molecule has 1 aromatic heterocycles. The summed E-state index contributed by atoms with van der Waals surface area (Å²) in [5.41, 5.74) is 0.442. The monoisotopic (exact) mass is 299 g/mol. The Labute approximate surface area is 123 Å². The van der Waals surface area contributed by atoms with Crippen LogP contribution in [0.2, 0.25) is 0 Å². The summed E-state index contributed by atoms with van der Waals surface area (Å²) in [4.78, 5) is 25.9. The van der Waals surface area contributed by atoms with Gasteiger partial charge in [-0.05, 0) is 11.5 Å². The average molecular weight is 299 g/mol. The van der Waals surface area contributed by atoms with Crippen LogP contribution in [-0.4, -0.2) is 47.1 Å². The van der Waals surface area contributed by atoms with Crippen molar-refractivity contribution in [3.8, 4) is 0 Å². The molecule has 1 unspecified atom stereocenters. The van der Waals surface area contributed by atoms with E-state index in [2.05, 4.69) is 14.3 Å². The average Bonchev–Trinajstić information content (AvgIpc) is 2.85. The molecule has 7 heteroatoms. The summed E-state index contributed by atoms with van der Waals surface area (Å²) in [7, 11) is 3.00. The Morgan fingerprint density at radius 3 is 2.50 bits per heavy atom. The second-order valence-electron chi connectivity index (χ2n) is 5.81. The smallest absolute Gasteiger partial charge is 0.310 e. The van der Waals surface area contributed by atoms with Gasteiger partial charge in [0.2, 0.25) is 0 Å². The first-order valence-corrected chi connectivity index (χ1v) is 7.12. The van der Waals surface area contributed by atoms with Crippen molar-refractivity contribution in [1.29, 1.82) is 0 Å². The number of amides is 1. The normalized spacial score (nSPS) is 12.9. The van der Waals surface area contributed by atoms with Crippen molar-refractivity contribution in [1.82, 2.24) is 14.5 Å². The highest BCUT2D eigenvalue weighted by molar-refractivity contribution is 7.08. The van der Waals surface area contributed by atoms with Gasteiger partial charge in [0, 0.05) is 19.0 Å². The standard InChI is InChI=1S/C13H21N3O3S/c1-8(12(18)19-6)7-16(5)11(17)9-10(13(2,3)4)14-15-20-9/h8H,7H2,1-6H3. The molecule has 0 aliphatic carbocycles.